The highest BCUT2D eigenvalue weighted by Crippen LogP contribution is 2.14. The van der Waals surface area contributed by atoms with Crippen molar-refractivity contribution in [2.45, 2.75) is 25.4 Å². The fraction of sp³-hybridized carbons (Fsp3) is 0.889. The summed E-state index contributed by atoms with van der Waals surface area (Å²) in [7, 11) is 0. The fourth-order valence-corrected chi connectivity index (χ4v) is 2.10. The predicted octanol–water partition coefficient (Wildman–Crippen LogP) is -0.831. The Hall–Kier alpha value is -0.610. The maximum absolute atomic E-state index is 11.5. The number of carbonyl (C=O) groups excluding carboxylic acids is 1. The van der Waals surface area contributed by atoms with Crippen LogP contribution in [0.1, 0.15) is 13.3 Å². The van der Waals surface area contributed by atoms with Crippen molar-refractivity contribution in [3.63, 3.8) is 0 Å². The summed E-state index contributed by atoms with van der Waals surface area (Å²) in [5.74, 6) is 0.209. The summed E-state index contributed by atoms with van der Waals surface area (Å²) in [5.41, 5.74) is 0. The van der Waals surface area contributed by atoms with Crippen LogP contribution in [0.15, 0.2) is 0 Å². The van der Waals surface area contributed by atoms with Crippen LogP contribution in [0.25, 0.3) is 0 Å². The second-order valence-corrected chi connectivity index (χ2v) is 3.76. The fourth-order valence-electron chi connectivity index (χ4n) is 2.10. The van der Waals surface area contributed by atoms with Crippen LogP contribution in [0.2, 0.25) is 0 Å². The largest absolute Gasteiger partial charge is 0.353 e. The highest BCUT2D eigenvalue weighted by atomic mass is 16.2. The van der Waals surface area contributed by atoms with Gasteiger partial charge in [-0.05, 0) is 6.42 Å². The molecule has 0 saturated carbocycles. The first kappa shape index (κ1) is 8.97. The van der Waals surface area contributed by atoms with E-state index >= 15 is 0 Å². The standard InChI is InChI=1S/C9H17N3O/c1-2-8-9(13)11-3-4-12(8)7-5-10-6-7/h7-8,10H,2-6H2,1H3,(H,11,13). The van der Waals surface area contributed by atoms with Gasteiger partial charge in [0.05, 0.1) is 6.04 Å². The lowest BCUT2D eigenvalue weighted by Gasteiger charge is -2.44. The van der Waals surface area contributed by atoms with Crippen molar-refractivity contribution in [3.05, 3.63) is 0 Å². The van der Waals surface area contributed by atoms with Gasteiger partial charge < -0.3 is 10.6 Å². The van der Waals surface area contributed by atoms with E-state index in [1.165, 1.54) is 0 Å². The third kappa shape index (κ3) is 1.56. The number of nitrogens with one attached hydrogen (secondary N) is 2. The van der Waals surface area contributed by atoms with E-state index in [1.807, 2.05) is 0 Å². The van der Waals surface area contributed by atoms with Gasteiger partial charge in [-0.2, -0.15) is 0 Å². The molecule has 4 heteroatoms. The lowest BCUT2D eigenvalue weighted by Crippen LogP contribution is -2.66. The Morgan fingerprint density at radius 1 is 1.54 bits per heavy atom. The van der Waals surface area contributed by atoms with Crippen molar-refractivity contribution in [2.75, 3.05) is 26.2 Å². The minimum atomic E-state index is 0.112. The van der Waals surface area contributed by atoms with Gasteiger partial charge in [-0.3, -0.25) is 9.69 Å². The van der Waals surface area contributed by atoms with Crippen LogP contribution in [0, 0.1) is 0 Å². The molecule has 2 heterocycles. The van der Waals surface area contributed by atoms with Gasteiger partial charge in [0.15, 0.2) is 0 Å². The zero-order valence-corrected chi connectivity index (χ0v) is 8.05. The van der Waals surface area contributed by atoms with E-state index < -0.39 is 0 Å². The Balaban J connectivity index is 2.01. The first-order chi connectivity index (χ1) is 6.33. The second kappa shape index (κ2) is 3.64. The van der Waals surface area contributed by atoms with Crippen molar-refractivity contribution in [3.8, 4) is 0 Å². The lowest BCUT2D eigenvalue weighted by atomic mass is 10.0. The van der Waals surface area contributed by atoms with Crippen molar-refractivity contribution in [2.24, 2.45) is 0 Å². The van der Waals surface area contributed by atoms with E-state index in [4.69, 9.17) is 0 Å². The van der Waals surface area contributed by atoms with Gasteiger partial charge in [-0.1, -0.05) is 6.92 Å². The van der Waals surface area contributed by atoms with Gasteiger partial charge in [-0.15, -0.1) is 0 Å². The lowest BCUT2D eigenvalue weighted by molar-refractivity contribution is -0.131. The predicted molar refractivity (Wildman–Crippen MR) is 50.5 cm³/mol. The maximum atomic E-state index is 11.5. The van der Waals surface area contributed by atoms with E-state index in [9.17, 15) is 4.79 Å². The Morgan fingerprint density at radius 2 is 2.31 bits per heavy atom. The summed E-state index contributed by atoms with van der Waals surface area (Å²) in [6, 6.07) is 0.705. The monoisotopic (exact) mass is 183 g/mol. The van der Waals surface area contributed by atoms with Crippen LogP contribution in [-0.4, -0.2) is 49.1 Å². The van der Waals surface area contributed by atoms with Gasteiger partial charge in [0.1, 0.15) is 0 Å². The van der Waals surface area contributed by atoms with Crippen molar-refractivity contribution < 1.29 is 4.79 Å². The molecule has 2 saturated heterocycles. The molecule has 0 aliphatic carbocycles. The van der Waals surface area contributed by atoms with E-state index in [1.54, 1.807) is 0 Å². The van der Waals surface area contributed by atoms with E-state index in [-0.39, 0.29) is 11.9 Å². The highest BCUT2D eigenvalue weighted by Gasteiger charge is 2.35. The summed E-state index contributed by atoms with van der Waals surface area (Å²) < 4.78 is 0. The Labute approximate surface area is 78.7 Å². The van der Waals surface area contributed by atoms with Gasteiger partial charge >= 0.3 is 0 Å². The molecule has 1 amide bonds. The van der Waals surface area contributed by atoms with E-state index in [0.717, 1.165) is 32.6 Å². The number of rotatable bonds is 2. The number of hydrogen-bond acceptors (Lipinski definition) is 3. The summed E-state index contributed by atoms with van der Waals surface area (Å²) >= 11 is 0. The molecule has 2 aliphatic rings. The Morgan fingerprint density at radius 3 is 2.85 bits per heavy atom. The number of amides is 1. The molecule has 1 atom stereocenters. The van der Waals surface area contributed by atoms with Gasteiger partial charge in [0.25, 0.3) is 0 Å². The molecule has 4 nitrogen and oxygen atoms in total. The highest BCUT2D eigenvalue weighted by molar-refractivity contribution is 5.82. The number of piperazine rings is 1. The molecule has 0 radical (unpaired) electrons. The molecular weight excluding hydrogens is 166 g/mol. The normalized spacial score (nSPS) is 31.2. The van der Waals surface area contributed by atoms with Crippen LogP contribution >= 0.6 is 0 Å². The van der Waals surface area contributed by atoms with Crippen LogP contribution in [0.5, 0.6) is 0 Å². The summed E-state index contributed by atoms with van der Waals surface area (Å²) in [6.07, 6.45) is 0.919. The third-order valence-electron chi connectivity index (χ3n) is 2.99. The molecule has 0 aromatic rings. The molecule has 2 rings (SSSR count). The number of hydrogen-bond donors (Lipinski definition) is 2. The molecule has 0 aromatic carbocycles. The number of nitrogens with zero attached hydrogens (tertiary/aromatic N) is 1. The summed E-state index contributed by atoms with van der Waals surface area (Å²) in [4.78, 5) is 13.8. The topological polar surface area (TPSA) is 44.4 Å². The summed E-state index contributed by atoms with van der Waals surface area (Å²) in [6.45, 7) is 5.99. The Bertz CT molecular complexity index is 203. The molecule has 13 heavy (non-hydrogen) atoms. The maximum Gasteiger partial charge on any atom is 0.237 e. The van der Waals surface area contributed by atoms with Crippen molar-refractivity contribution >= 4 is 5.91 Å². The van der Waals surface area contributed by atoms with Crippen LogP contribution in [0.3, 0.4) is 0 Å². The minimum Gasteiger partial charge on any atom is -0.353 e. The van der Waals surface area contributed by atoms with Crippen LogP contribution in [0.4, 0.5) is 0 Å². The third-order valence-corrected chi connectivity index (χ3v) is 2.99. The summed E-state index contributed by atoms with van der Waals surface area (Å²) in [5, 5.41) is 6.16. The van der Waals surface area contributed by atoms with Crippen LogP contribution in [-0.2, 0) is 4.79 Å². The van der Waals surface area contributed by atoms with Gasteiger partial charge in [0, 0.05) is 32.2 Å². The first-order valence-corrected chi connectivity index (χ1v) is 5.07. The average molecular weight is 183 g/mol. The molecule has 1 unspecified atom stereocenters. The zero-order chi connectivity index (χ0) is 9.26. The SMILES string of the molecule is CCC1C(=O)NCCN1C1CNC1. The van der Waals surface area contributed by atoms with Crippen molar-refractivity contribution in [1.82, 2.24) is 15.5 Å². The smallest absolute Gasteiger partial charge is 0.237 e. The van der Waals surface area contributed by atoms with Gasteiger partial charge in [0.2, 0.25) is 5.91 Å². The second-order valence-electron chi connectivity index (χ2n) is 3.76. The molecule has 2 fully saturated rings. The molecular formula is C9H17N3O. The number of carbonyl (C=O) groups is 1. The molecule has 0 spiro atoms. The van der Waals surface area contributed by atoms with E-state index in [2.05, 4.69) is 22.5 Å². The molecule has 74 valence electrons. The molecule has 2 aliphatic heterocycles. The zero-order valence-electron chi connectivity index (χ0n) is 8.05. The average Bonchev–Trinajstić information content (AvgIpc) is 2.01. The van der Waals surface area contributed by atoms with Gasteiger partial charge in [-0.25, -0.2) is 0 Å². The molecule has 0 bridgehead atoms. The minimum absolute atomic E-state index is 0.112. The quantitative estimate of drug-likeness (QED) is 0.587. The van der Waals surface area contributed by atoms with E-state index in [0.29, 0.717) is 6.04 Å². The van der Waals surface area contributed by atoms with Crippen molar-refractivity contribution in [1.29, 1.82) is 0 Å². The first-order valence-electron chi connectivity index (χ1n) is 5.07. The van der Waals surface area contributed by atoms with Crippen LogP contribution < -0.4 is 10.6 Å². The molecule has 2 N–H and O–H groups in total. The molecule has 0 aromatic heterocycles. The Kier molecular flexibility index (Phi) is 2.51.